The maximum Gasteiger partial charge on any atom is 0.123 e. The van der Waals surface area contributed by atoms with Crippen molar-refractivity contribution in [2.45, 2.75) is 66.0 Å². The number of hydrogen-bond donors (Lipinski definition) is 1. The second-order valence-corrected chi connectivity index (χ2v) is 7.93. The molecule has 2 rings (SSSR count). The summed E-state index contributed by atoms with van der Waals surface area (Å²) >= 11 is 0. The Labute approximate surface area is 129 Å². The summed E-state index contributed by atoms with van der Waals surface area (Å²) in [5.74, 6) is 1.25. The maximum atomic E-state index is 13.2. The van der Waals surface area contributed by atoms with Gasteiger partial charge in [0.2, 0.25) is 0 Å². The molecule has 0 aromatic heterocycles. The van der Waals surface area contributed by atoms with Gasteiger partial charge in [0, 0.05) is 12.1 Å². The zero-order valence-electron chi connectivity index (χ0n) is 14.1. The molecule has 1 saturated carbocycles. The molecule has 1 fully saturated rings. The largest absolute Gasteiger partial charge is 0.306 e. The van der Waals surface area contributed by atoms with Crippen molar-refractivity contribution in [3.63, 3.8) is 0 Å². The van der Waals surface area contributed by atoms with Gasteiger partial charge in [0.15, 0.2) is 0 Å². The third-order valence-corrected chi connectivity index (χ3v) is 4.97. The van der Waals surface area contributed by atoms with Crippen LogP contribution in [0.2, 0.25) is 0 Å². The first-order valence-electron chi connectivity index (χ1n) is 8.30. The van der Waals surface area contributed by atoms with Crippen LogP contribution in [0.25, 0.3) is 0 Å². The van der Waals surface area contributed by atoms with Crippen molar-refractivity contribution >= 4 is 0 Å². The highest BCUT2D eigenvalue weighted by Gasteiger charge is 2.34. The van der Waals surface area contributed by atoms with Crippen LogP contribution in [0.1, 0.15) is 65.5 Å². The summed E-state index contributed by atoms with van der Waals surface area (Å²) in [5.41, 5.74) is 1.29. The van der Waals surface area contributed by atoms with Crippen LogP contribution in [0, 0.1) is 23.1 Å². The van der Waals surface area contributed by atoms with Crippen LogP contribution in [0.4, 0.5) is 4.39 Å². The number of hydrogen-bond acceptors (Lipinski definition) is 1. The minimum Gasteiger partial charge on any atom is -0.306 e. The third kappa shape index (κ3) is 4.06. The molecule has 1 nitrogen and oxygen atoms in total. The fraction of sp³-hybridized carbons (Fsp3) is 0.684. The molecule has 21 heavy (non-hydrogen) atoms. The summed E-state index contributed by atoms with van der Waals surface area (Å²) < 4.78 is 13.2. The lowest BCUT2D eigenvalue weighted by Crippen LogP contribution is -2.47. The van der Waals surface area contributed by atoms with Crippen molar-refractivity contribution in [3.8, 4) is 0 Å². The van der Waals surface area contributed by atoms with E-state index < -0.39 is 0 Å². The minimum atomic E-state index is -0.161. The predicted octanol–water partition coefficient (Wildman–Crippen LogP) is 5.33. The molecule has 118 valence electrons. The quantitative estimate of drug-likeness (QED) is 0.794. The van der Waals surface area contributed by atoms with E-state index in [2.05, 4.69) is 39.9 Å². The summed E-state index contributed by atoms with van der Waals surface area (Å²) in [7, 11) is 0. The monoisotopic (exact) mass is 291 g/mol. The zero-order chi connectivity index (χ0) is 15.6. The van der Waals surface area contributed by atoms with Gasteiger partial charge in [-0.25, -0.2) is 4.39 Å². The summed E-state index contributed by atoms with van der Waals surface area (Å²) in [5, 5.41) is 3.91. The van der Waals surface area contributed by atoms with Crippen LogP contribution >= 0.6 is 0 Å². The Morgan fingerprint density at radius 3 is 2.05 bits per heavy atom. The molecule has 0 amide bonds. The van der Waals surface area contributed by atoms with Gasteiger partial charge >= 0.3 is 0 Å². The minimum absolute atomic E-state index is 0.106. The lowest BCUT2D eigenvalue weighted by Gasteiger charge is -2.42. The van der Waals surface area contributed by atoms with Crippen molar-refractivity contribution in [1.29, 1.82) is 0 Å². The molecule has 0 bridgehead atoms. The Morgan fingerprint density at radius 2 is 1.57 bits per heavy atom. The molecular formula is C19H30FN. The first kappa shape index (κ1) is 16.5. The summed E-state index contributed by atoms with van der Waals surface area (Å²) in [4.78, 5) is 0. The van der Waals surface area contributed by atoms with Crippen LogP contribution in [-0.4, -0.2) is 6.04 Å². The third-order valence-electron chi connectivity index (χ3n) is 4.97. The Hall–Kier alpha value is -0.890. The summed E-state index contributed by atoms with van der Waals surface area (Å²) in [6.07, 6.45) is 3.96. The van der Waals surface area contributed by atoms with Crippen molar-refractivity contribution in [2.75, 3.05) is 0 Å². The average molecular weight is 291 g/mol. The van der Waals surface area contributed by atoms with Crippen molar-refractivity contribution in [1.82, 2.24) is 5.32 Å². The van der Waals surface area contributed by atoms with Gasteiger partial charge in [-0.15, -0.1) is 0 Å². The first-order valence-corrected chi connectivity index (χ1v) is 8.30. The van der Waals surface area contributed by atoms with Crippen LogP contribution in [0.5, 0.6) is 0 Å². The van der Waals surface area contributed by atoms with Gasteiger partial charge in [-0.1, -0.05) is 53.2 Å². The highest BCUT2D eigenvalue weighted by Crippen LogP contribution is 2.37. The standard InChI is InChI=1S/C19H30FN/c1-13-7-6-8-14(2)17(13)21-18(19(3,4)5)15-9-11-16(20)12-10-15/h9-14,17-18,21H,6-8H2,1-5H3. The molecule has 3 atom stereocenters. The Kier molecular flexibility index (Phi) is 5.08. The number of benzene rings is 1. The number of nitrogens with one attached hydrogen (secondary N) is 1. The SMILES string of the molecule is CC1CCCC(C)C1NC(c1ccc(F)cc1)C(C)(C)C. The van der Waals surface area contributed by atoms with E-state index >= 15 is 0 Å². The number of halogens is 1. The second kappa shape index (κ2) is 6.48. The molecule has 0 spiro atoms. The number of rotatable bonds is 3. The average Bonchev–Trinajstić information content (AvgIpc) is 2.38. The van der Waals surface area contributed by atoms with E-state index in [1.165, 1.54) is 24.8 Å². The lowest BCUT2D eigenvalue weighted by molar-refractivity contribution is 0.152. The molecule has 0 radical (unpaired) electrons. The fourth-order valence-electron chi connectivity index (χ4n) is 3.70. The highest BCUT2D eigenvalue weighted by atomic mass is 19.1. The molecule has 1 aliphatic carbocycles. The molecule has 1 aromatic carbocycles. The molecule has 1 aromatic rings. The molecule has 1 aliphatic rings. The van der Waals surface area contributed by atoms with Gasteiger partial charge in [-0.2, -0.15) is 0 Å². The van der Waals surface area contributed by atoms with Crippen LogP contribution in [-0.2, 0) is 0 Å². The zero-order valence-corrected chi connectivity index (χ0v) is 14.1. The van der Waals surface area contributed by atoms with Gasteiger partial charge < -0.3 is 5.32 Å². The fourth-order valence-corrected chi connectivity index (χ4v) is 3.70. The molecule has 0 heterocycles. The van der Waals surface area contributed by atoms with E-state index in [1.807, 2.05) is 12.1 Å². The van der Waals surface area contributed by atoms with Crippen LogP contribution < -0.4 is 5.32 Å². The van der Waals surface area contributed by atoms with Gasteiger partial charge in [0.1, 0.15) is 5.82 Å². The Morgan fingerprint density at radius 1 is 1.05 bits per heavy atom. The predicted molar refractivity (Wildman–Crippen MR) is 87.7 cm³/mol. The topological polar surface area (TPSA) is 12.0 Å². The van der Waals surface area contributed by atoms with E-state index in [9.17, 15) is 4.39 Å². The lowest BCUT2D eigenvalue weighted by atomic mass is 9.75. The van der Waals surface area contributed by atoms with E-state index in [4.69, 9.17) is 0 Å². The molecule has 2 heteroatoms. The molecular weight excluding hydrogens is 261 g/mol. The van der Waals surface area contributed by atoms with E-state index in [0.29, 0.717) is 17.9 Å². The molecule has 1 N–H and O–H groups in total. The molecule has 0 saturated heterocycles. The van der Waals surface area contributed by atoms with Crippen LogP contribution in [0.3, 0.4) is 0 Å². The first-order chi connectivity index (χ1) is 9.79. The van der Waals surface area contributed by atoms with Crippen molar-refractivity contribution < 1.29 is 4.39 Å². The Bertz CT molecular complexity index is 436. The van der Waals surface area contributed by atoms with E-state index in [1.54, 1.807) is 12.1 Å². The molecule has 0 aliphatic heterocycles. The van der Waals surface area contributed by atoms with Crippen LogP contribution in [0.15, 0.2) is 24.3 Å². The van der Waals surface area contributed by atoms with E-state index in [0.717, 1.165) is 0 Å². The summed E-state index contributed by atoms with van der Waals surface area (Å²) in [6, 6.07) is 7.80. The van der Waals surface area contributed by atoms with Crippen molar-refractivity contribution in [2.24, 2.45) is 17.3 Å². The van der Waals surface area contributed by atoms with Gasteiger partial charge in [-0.05, 0) is 47.8 Å². The van der Waals surface area contributed by atoms with Gasteiger partial charge in [0.25, 0.3) is 0 Å². The highest BCUT2D eigenvalue weighted by molar-refractivity contribution is 5.22. The van der Waals surface area contributed by atoms with Gasteiger partial charge in [-0.3, -0.25) is 0 Å². The molecule has 3 unspecified atom stereocenters. The second-order valence-electron chi connectivity index (χ2n) is 7.93. The maximum absolute atomic E-state index is 13.2. The Balaban J connectivity index is 2.22. The van der Waals surface area contributed by atoms with Crippen molar-refractivity contribution in [3.05, 3.63) is 35.6 Å². The normalized spacial score (nSPS) is 28.4. The van der Waals surface area contributed by atoms with E-state index in [-0.39, 0.29) is 17.3 Å². The van der Waals surface area contributed by atoms with Gasteiger partial charge in [0.05, 0.1) is 0 Å². The smallest absolute Gasteiger partial charge is 0.123 e. The summed E-state index contributed by atoms with van der Waals surface area (Å²) in [6.45, 7) is 11.5.